The second-order valence-electron chi connectivity index (χ2n) is 4.84. The lowest BCUT2D eigenvalue weighted by molar-refractivity contribution is -0.143. The van der Waals surface area contributed by atoms with Crippen molar-refractivity contribution in [2.45, 2.75) is 20.3 Å². The fraction of sp³-hybridized carbons (Fsp3) is 0.429. The van der Waals surface area contributed by atoms with Crippen LogP contribution in [0.25, 0.3) is 0 Å². The number of hydrogen-bond donors (Lipinski definition) is 3. The molecule has 0 heterocycles. The number of carbonyl (C=O) groups excluding carboxylic acids is 1. The Balaban J connectivity index is 2.50. The monoisotopic (exact) mass is 265 g/mol. The number of phenols is 1. The van der Waals surface area contributed by atoms with Crippen molar-refractivity contribution in [3.8, 4) is 5.75 Å². The quantitative estimate of drug-likeness (QED) is 0.725. The second kappa shape index (κ2) is 6.78. The predicted molar refractivity (Wildman–Crippen MR) is 70.8 cm³/mol. The highest BCUT2D eigenvalue weighted by Gasteiger charge is 2.21. The SMILES string of the molecule is CC(C)C(CNC(=O)Cc1cccc(O)c1)C(=O)O. The van der Waals surface area contributed by atoms with Gasteiger partial charge in [-0.2, -0.15) is 0 Å². The summed E-state index contributed by atoms with van der Waals surface area (Å²) in [5.74, 6) is -1.69. The molecule has 5 heteroatoms. The lowest BCUT2D eigenvalue weighted by Gasteiger charge is -2.16. The van der Waals surface area contributed by atoms with Gasteiger partial charge in [0.05, 0.1) is 12.3 Å². The average Bonchev–Trinajstić information content (AvgIpc) is 2.27. The highest BCUT2D eigenvalue weighted by Crippen LogP contribution is 2.12. The van der Waals surface area contributed by atoms with Crippen LogP contribution in [0.1, 0.15) is 19.4 Å². The van der Waals surface area contributed by atoms with E-state index >= 15 is 0 Å². The van der Waals surface area contributed by atoms with E-state index in [0.29, 0.717) is 5.56 Å². The third-order valence-corrected chi connectivity index (χ3v) is 2.92. The van der Waals surface area contributed by atoms with E-state index in [2.05, 4.69) is 5.32 Å². The largest absolute Gasteiger partial charge is 0.508 e. The molecule has 0 saturated carbocycles. The van der Waals surface area contributed by atoms with Gasteiger partial charge in [-0.3, -0.25) is 9.59 Å². The van der Waals surface area contributed by atoms with Crippen molar-refractivity contribution in [3.05, 3.63) is 29.8 Å². The third kappa shape index (κ3) is 4.99. The van der Waals surface area contributed by atoms with Gasteiger partial charge in [0.15, 0.2) is 0 Å². The molecule has 1 aromatic carbocycles. The van der Waals surface area contributed by atoms with E-state index in [1.165, 1.54) is 12.1 Å². The molecule has 1 unspecified atom stereocenters. The van der Waals surface area contributed by atoms with E-state index in [4.69, 9.17) is 5.11 Å². The first-order valence-corrected chi connectivity index (χ1v) is 6.17. The summed E-state index contributed by atoms with van der Waals surface area (Å²) in [4.78, 5) is 22.7. The van der Waals surface area contributed by atoms with E-state index in [1.54, 1.807) is 26.0 Å². The van der Waals surface area contributed by atoms with Crippen LogP contribution in [0.3, 0.4) is 0 Å². The predicted octanol–water partition coefficient (Wildman–Crippen LogP) is 1.41. The third-order valence-electron chi connectivity index (χ3n) is 2.92. The molecule has 0 fully saturated rings. The van der Waals surface area contributed by atoms with E-state index in [-0.39, 0.29) is 30.5 Å². The molecule has 3 N–H and O–H groups in total. The number of benzene rings is 1. The fourth-order valence-corrected chi connectivity index (χ4v) is 1.75. The van der Waals surface area contributed by atoms with Crippen molar-refractivity contribution in [1.82, 2.24) is 5.32 Å². The number of aliphatic carboxylic acids is 1. The van der Waals surface area contributed by atoms with Crippen molar-refractivity contribution in [2.75, 3.05) is 6.54 Å². The van der Waals surface area contributed by atoms with Gasteiger partial charge in [0.1, 0.15) is 5.75 Å². The van der Waals surface area contributed by atoms with E-state index in [1.807, 2.05) is 0 Å². The molecule has 1 rings (SSSR count). The molecular formula is C14H19NO4. The first-order valence-electron chi connectivity index (χ1n) is 6.17. The van der Waals surface area contributed by atoms with Crippen LogP contribution in [0.2, 0.25) is 0 Å². The highest BCUT2D eigenvalue weighted by molar-refractivity contribution is 5.79. The van der Waals surface area contributed by atoms with Crippen molar-refractivity contribution >= 4 is 11.9 Å². The summed E-state index contributed by atoms with van der Waals surface area (Å²) in [7, 11) is 0. The maximum absolute atomic E-state index is 11.7. The molecule has 0 aliphatic carbocycles. The lowest BCUT2D eigenvalue weighted by Crippen LogP contribution is -2.36. The van der Waals surface area contributed by atoms with Crippen LogP contribution >= 0.6 is 0 Å². The van der Waals surface area contributed by atoms with Gasteiger partial charge in [-0.05, 0) is 23.6 Å². The summed E-state index contributed by atoms with van der Waals surface area (Å²) in [6.45, 7) is 3.73. The van der Waals surface area contributed by atoms with E-state index < -0.39 is 11.9 Å². The summed E-state index contributed by atoms with van der Waals surface area (Å²) < 4.78 is 0. The van der Waals surface area contributed by atoms with Crippen molar-refractivity contribution in [2.24, 2.45) is 11.8 Å². The number of nitrogens with one attached hydrogen (secondary N) is 1. The van der Waals surface area contributed by atoms with Crippen molar-refractivity contribution in [3.63, 3.8) is 0 Å². The van der Waals surface area contributed by atoms with Crippen molar-refractivity contribution < 1.29 is 19.8 Å². The summed E-state index contributed by atoms with van der Waals surface area (Å²) in [5.41, 5.74) is 0.689. The Kier molecular flexibility index (Phi) is 5.36. The Bertz CT molecular complexity index is 457. The maximum atomic E-state index is 11.7. The molecule has 1 aromatic rings. The molecule has 0 aliphatic rings. The first kappa shape index (κ1) is 15.0. The summed E-state index contributed by atoms with van der Waals surface area (Å²) in [6, 6.07) is 6.43. The summed E-state index contributed by atoms with van der Waals surface area (Å²) in [6.07, 6.45) is 0.124. The number of rotatable bonds is 6. The molecule has 0 radical (unpaired) electrons. The molecule has 1 atom stereocenters. The minimum atomic E-state index is -0.910. The second-order valence-corrected chi connectivity index (χ2v) is 4.84. The van der Waals surface area contributed by atoms with Crippen LogP contribution in [-0.2, 0) is 16.0 Å². The Labute approximate surface area is 112 Å². The molecule has 0 saturated heterocycles. The molecule has 0 aromatic heterocycles. The van der Waals surface area contributed by atoms with Crippen LogP contribution in [0.5, 0.6) is 5.75 Å². The van der Waals surface area contributed by atoms with Crippen LogP contribution in [0, 0.1) is 11.8 Å². The molecule has 19 heavy (non-hydrogen) atoms. The first-order chi connectivity index (χ1) is 8.90. The number of carboxylic acid groups (broad SMARTS) is 1. The molecule has 104 valence electrons. The highest BCUT2D eigenvalue weighted by atomic mass is 16.4. The fourth-order valence-electron chi connectivity index (χ4n) is 1.75. The Morgan fingerprint density at radius 2 is 2.00 bits per heavy atom. The van der Waals surface area contributed by atoms with Gasteiger partial charge in [-0.25, -0.2) is 0 Å². The zero-order valence-electron chi connectivity index (χ0n) is 11.1. The Morgan fingerprint density at radius 1 is 1.32 bits per heavy atom. The van der Waals surface area contributed by atoms with Gasteiger partial charge in [0.2, 0.25) is 5.91 Å². The van der Waals surface area contributed by atoms with Crippen LogP contribution < -0.4 is 5.32 Å². The zero-order chi connectivity index (χ0) is 14.4. The van der Waals surface area contributed by atoms with Crippen LogP contribution in [-0.4, -0.2) is 28.6 Å². The number of carbonyl (C=O) groups is 2. The van der Waals surface area contributed by atoms with Gasteiger partial charge in [0, 0.05) is 6.54 Å². The van der Waals surface area contributed by atoms with E-state index in [0.717, 1.165) is 0 Å². The lowest BCUT2D eigenvalue weighted by atomic mass is 9.96. The average molecular weight is 265 g/mol. The standard InChI is InChI=1S/C14H19NO4/c1-9(2)12(14(18)19)8-15-13(17)7-10-4-3-5-11(16)6-10/h3-6,9,12,16H,7-8H2,1-2H3,(H,15,17)(H,18,19). The molecule has 5 nitrogen and oxygen atoms in total. The maximum Gasteiger partial charge on any atom is 0.308 e. The van der Waals surface area contributed by atoms with Gasteiger partial charge in [0.25, 0.3) is 0 Å². The van der Waals surface area contributed by atoms with Gasteiger partial charge in [-0.1, -0.05) is 26.0 Å². The van der Waals surface area contributed by atoms with Crippen LogP contribution in [0.4, 0.5) is 0 Å². The van der Waals surface area contributed by atoms with Gasteiger partial charge < -0.3 is 15.5 Å². The minimum absolute atomic E-state index is 0.0430. The Morgan fingerprint density at radius 3 is 2.53 bits per heavy atom. The summed E-state index contributed by atoms with van der Waals surface area (Å²) >= 11 is 0. The number of phenolic OH excluding ortho intramolecular Hbond substituents is 1. The number of hydrogen-bond acceptors (Lipinski definition) is 3. The number of carboxylic acids is 1. The van der Waals surface area contributed by atoms with Gasteiger partial charge >= 0.3 is 5.97 Å². The Hall–Kier alpha value is -2.04. The van der Waals surface area contributed by atoms with Gasteiger partial charge in [-0.15, -0.1) is 0 Å². The minimum Gasteiger partial charge on any atom is -0.508 e. The van der Waals surface area contributed by atoms with Crippen molar-refractivity contribution in [1.29, 1.82) is 0 Å². The number of aromatic hydroxyl groups is 1. The smallest absolute Gasteiger partial charge is 0.308 e. The molecule has 1 amide bonds. The molecule has 0 aliphatic heterocycles. The number of amides is 1. The topological polar surface area (TPSA) is 86.6 Å². The summed E-state index contributed by atoms with van der Waals surface area (Å²) in [5, 5.41) is 20.9. The van der Waals surface area contributed by atoms with Crippen LogP contribution in [0.15, 0.2) is 24.3 Å². The van der Waals surface area contributed by atoms with E-state index in [9.17, 15) is 14.7 Å². The zero-order valence-corrected chi connectivity index (χ0v) is 11.1. The normalized spacial score (nSPS) is 12.2. The molecule has 0 bridgehead atoms. The molecule has 0 spiro atoms. The molecular weight excluding hydrogens is 246 g/mol.